The molecule has 0 saturated carbocycles. The molecule has 0 unspecified atom stereocenters. The number of amides is 2. The minimum Gasteiger partial charge on any atom is -0.493 e. The Hall–Kier alpha value is -2.15. The molecule has 2 rings (SSSR count). The van der Waals surface area contributed by atoms with Gasteiger partial charge in [0.05, 0.1) is 21.3 Å². The van der Waals surface area contributed by atoms with Crippen LogP contribution in [0.1, 0.15) is 23.2 Å². The molecule has 1 aliphatic heterocycles. The number of ether oxygens (including phenoxy) is 3. The van der Waals surface area contributed by atoms with Crippen molar-refractivity contribution in [1.82, 2.24) is 9.80 Å². The molecule has 0 N–H and O–H groups in total. The van der Waals surface area contributed by atoms with Gasteiger partial charge in [-0.05, 0) is 18.6 Å². The summed E-state index contributed by atoms with van der Waals surface area (Å²) in [4.78, 5) is 28.4. The topological polar surface area (TPSA) is 68.3 Å². The van der Waals surface area contributed by atoms with Crippen molar-refractivity contribution in [3.05, 3.63) is 17.7 Å². The smallest absolute Gasteiger partial charge is 0.254 e. The Labute approximate surface area is 158 Å². The summed E-state index contributed by atoms with van der Waals surface area (Å²) in [6, 6.07) is 3.28. The van der Waals surface area contributed by atoms with Crippen LogP contribution in [0.5, 0.6) is 17.2 Å². The van der Waals surface area contributed by atoms with Gasteiger partial charge in [0.2, 0.25) is 11.7 Å². The van der Waals surface area contributed by atoms with E-state index in [1.807, 2.05) is 0 Å². The van der Waals surface area contributed by atoms with Gasteiger partial charge in [0.15, 0.2) is 11.5 Å². The lowest BCUT2D eigenvalue weighted by atomic mass is 10.1. The van der Waals surface area contributed by atoms with Crippen molar-refractivity contribution < 1.29 is 23.8 Å². The molecule has 0 aliphatic carbocycles. The first kappa shape index (κ1) is 20.2. The molecule has 1 aliphatic rings. The van der Waals surface area contributed by atoms with E-state index in [1.165, 1.54) is 21.3 Å². The number of hydrogen-bond donors (Lipinski definition) is 0. The fraction of sp³-hybridized carbons (Fsp3) is 0.556. The first-order valence-corrected chi connectivity index (χ1v) is 9.02. The number of hydrogen-bond acceptors (Lipinski definition) is 5. The van der Waals surface area contributed by atoms with E-state index < -0.39 is 0 Å². The van der Waals surface area contributed by atoms with Crippen molar-refractivity contribution in [3.63, 3.8) is 0 Å². The van der Waals surface area contributed by atoms with Gasteiger partial charge in [-0.2, -0.15) is 0 Å². The minimum absolute atomic E-state index is 0.0885. The van der Waals surface area contributed by atoms with Crippen LogP contribution in [0, 0.1) is 0 Å². The molecule has 0 spiro atoms. The van der Waals surface area contributed by atoms with Gasteiger partial charge in [0.1, 0.15) is 0 Å². The van der Waals surface area contributed by atoms with Crippen molar-refractivity contribution in [2.45, 2.75) is 12.8 Å². The number of methoxy groups -OCH3 is 3. The monoisotopic (exact) mass is 384 g/mol. The summed E-state index contributed by atoms with van der Waals surface area (Å²) in [5.41, 5.74) is 0.460. The maximum absolute atomic E-state index is 12.8. The Bertz CT molecular complexity index is 619. The van der Waals surface area contributed by atoms with Crippen molar-refractivity contribution in [1.29, 1.82) is 0 Å². The molecule has 0 aromatic heterocycles. The van der Waals surface area contributed by atoms with Crippen molar-refractivity contribution in [2.24, 2.45) is 0 Å². The largest absolute Gasteiger partial charge is 0.493 e. The molecule has 144 valence electrons. The summed E-state index contributed by atoms with van der Waals surface area (Å²) in [5.74, 6) is 1.75. The number of halogens is 1. The quantitative estimate of drug-likeness (QED) is 0.673. The predicted octanol–water partition coefficient (Wildman–Crippen LogP) is 2.02. The Balaban J connectivity index is 2.07. The summed E-state index contributed by atoms with van der Waals surface area (Å²) in [6.07, 6.45) is 1.12. The van der Waals surface area contributed by atoms with Gasteiger partial charge in [-0.25, -0.2) is 0 Å². The number of nitrogens with zero attached hydrogens (tertiary/aromatic N) is 2. The van der Waals surface area contributed by atoms with Crippen molar-refractivity contribution in [3.8, 4) is 17.2 Å². The second-order valence-corrected chi connectivity index (χ2v) is 6.26. The minimum atomic E-state index is -0.128. The fourth-order valence-electron chi connectivity index (χ4n) is 2.92. The number of carbonyl (C=O) groups excluding carboxylic acids is 2. The van der Waals surface area contributed by atoms with E-state index in [9.17, 15) is 9.59 Å². The maximum atomic E-state index is 12.8. The molecule has 1 aromatic carbocycles. The Morgan fingerprint density at radius 1 is 0.962 bits per heavy atom. The highest BCUT2D eigenvalue weighted by atomic mass is 35.5. The van der Waals surface area contributed by atoms with E-state index in [0.717, 1.165) is 0 Å². The lowest BCUT2D eigenvalue weighted by Gasteiger charge is -2.35. The van der Waals surface area contributed by atoms with Gasteiger partial charge >= 0.3 is 0 Å². The molecule has 0 radical (unpaired) electrons. The van der Waals surface area contributed by atoms with Crippen LogP contribution in [0.2, 0.25) is 0 Å². The maximum Gasteiger partial charge on any atom is 0.254 e. The number of benzene rings is 1. The van der Waals surface area contributed by atoms with Gasteiger partial charge in [0, 0.05) is 44.0 Å². The van der Waals surface area contributed by atoms with Crippen LogP contribution in [0.15, 0.2) is 12.1 Å². The van der Waals surface area contributed by atoms with Crippen LogP contribution in [-0.2, 0) is 4.79 Å². The first-order valence-electron chi connectivity index (χ1n) is 8.48. The summed E-state index contributed by atoms with van der Waals surface area (Å²) < 4.78 is 15.9. The van der Waals surface area contributed by atoms with Crippen LogP contribution in [0.25, 0.3) is 0 Å². The summed E-state index contributed by atoms with van der Waals surface area (Å²) in [5, 5.41) is 0. The van der Waals surface area contributed by atoms with Gasteiger partial charge < -0.3 is 24.0 Å². The van der Waals surface area contributed by atoms with Gasteiger partial charge in [-0.15, -0.1) is 11.6 Å². The fourth-order valence-corrected chi connectivity index (χ4v) is 3.06. The van der Waals surface area contributed by atoms with E-state index in [4.69, 9.17) is 25.8 Å². The molecule has 1 saturated heterocycles. The van der Waals surface area contributed by atoms with E-state index in [-0.39, 0.29) is 11.8 Å². The molecule has 1 fully saturated rings. The highest BCUT2D eigenvalue weighted by Gasteiger charge is 2.26. The van der Waals surface area contributed by atoms with Crippen LogP contribution in [0.3, 0.4) is 0 Å². The zero-order valence-corrected chi connectivity index (χ0v) is 16.2. The van der Waals surface area contributed by atoms with Crippen molar-refractivity contribution in [2.75, 3.05) is 53.4 Å². The van der Waals surface area contributed by atoms with Gasteiger partial charge in [0.25, 0.3) is 5.91 Å². The molecule has 26 heavy (non-hydrogen) atoms. The zero-order chi connectivity index (χ0) is 19.1. The molecule has 8 heteroatoms. The zero-order valence-electron chi connectivity index (χ0n) is 15.4. The third-order valence-corrected chi connectivity index (χ3v) is 4.62. The second-order valence-electron chi connectivity index (χ2n) is 5.88. The molecular weight excluding hydrogens is 360 g/mol. The molecular formula is C18H25ClN2O5. The first-order chi connectivity index (χ1) is 12.5. The van der Waals surface area contributed by atoms with Crippen LogP contribution < -0.4 is 14.2 Å². The van der Waals surface area contributed by atoms with E-state index in [2.05, 4.69) is 0 Å². The molecule has 0 atom stereocenters. The lowest BCUT2D eigenvalue weighted by molar-refractivity contribution is -0.132. The average Bonchev–Trinajstić information content (AvgIpc) is 2.70. The predicted molar refractivity (Wildman–Crippen MR) is 98.5 cm³/mol. The second kappa shape index (κ2) is 9.52. The summed E-state index contributed by atoms with van der Waals surface area (Å²) >= 11 is 5.64. The molecule has 0 bridgehead atoms. The van der Waals surface area contributed by atoms with E-state index in [1.54, 1.807) is 21.9 Å². The van der Waals surface area contributed by atoms with E-state index in [0.29, 0.717) is 67.7 Å². The Morgan fingerprint density at radius 3 is 1.96 bits per heavy atom. The Kier molecular flexibility index (Phi) is 7.38. The number of alkyl halides is 1. The number of piperazine rings is 1. The van der Waals surface area contributed by atoms with E-state index >= 15 is 0 Å². The molecule has 1 aromatic rings. The molecule has 1 heterocycles. The average molecular weight is 385 g/mol. The van der Waals surface area contributed by atoms with Gasteiger partial charge in [-0.1, -0.05) is 0 Å². The van der Waals surface area contributed by atoms with Crippen LogP contribution >= 0.6 is 11.6 Å². The van der Waals surface area contributed by atoms with Crippen molar-refractivity contribution >= 4 is 23.4 Å². The highest BCUT2D eigenvalue weighted by molar-refractivity contribution is 6.17. The normalized spacial score (nSPS) is 14.2. The number of rotatable bonds is 7. The summed E-state index contributed by atoms with van der Waals surface area (Å²) in [6.45, 7) is 2.03. The molecule has 7 nitrogen and oxygen atoms in total. The SMILES string of the molecule is COc1cc(C(=O)N2CCN(C(=O)CCCCl)CC2)cc(OC)c1OC. The lowest BCUT2D eigenvalue weighted by Crippen LogP contribution is -2.50. The highest BCUT2D eigenvalue weighted by Crippen LogP contribution is 2.38. The third-order valence-electron chi connectivity index (χ3n) is 4.36. The molecule has 2 amide bonds. The standard InChI is InChI=1S/C18H25ClN2O5/c1-24-14-11-13(12-15(25-2)17(14)26-3)18(23)21-9-7-20(8-10-21)16(22)5-4-6-19/h11-12H,4-10H2,1-3H3. The Morgan fingerprint density at radius 2 is 1.50 bits per heavy atom. The third kappa shape index (κ3) is 4.52. The van der Waals surface area contributed by atoms with Gasteiger partial charge in [-0.3, -0.25) is 9.59 Å². The summed E-state index contributed by atoms with van der Waals surface area (Å²) in [7, 11) is 4.54. The van der Waals surface area contributed by atoms with Crippen LogP contribution in [-0.4, -0.2) is 75.0 Å². The number of carbonyl (C=O) groups is 2. The van der Waals surface area contributed by atoms with Crippen LogP contribution in [0.4, 0.5) is 0 Å².